The van der Waals surface area contributed by atoms with Crippen LogP contribution in [-0.2, 0) is 9.53 Å². The van der Waals surface area contributed by atoms with Gasteiger partial charge in [0.15, 0.2) is 0 Å². The predicted molar refractivity (Wildman–Crippen MR) is 102 cm³/mol. The highest BCUT2D eigenvalue weighted by molar-refractivity contribution is 5.75. The Morgan fingerprint density at radius 1 is 1.08 bits per heavy atom. The molecular weight excluding hydrogens is 312 g/mol. The molecule has 0 bridgehead atoms. The molecule has 0 spiro atoms. The third-order valence-electron chi connectivity index (χ3n) is 7.79. The van der Waals surface area contributed by atoms with Gasteiger partial charge in [-0.05, 0) is 68.6 Å². The van der Waals surface area contributed by atoms with Crippen LogP contribution in [0.15, 0.2) is 0 Å². The Morgan fingerprint density at radius 2 is 1.68 bits per heavy atom. The smallest absolute Gasteiger partial charge is 0.311 e. The van der Waals surface area contributed by atoms with E-state index in [9.17, 15) is 9.90 Å². The largest absolute Gasteiger partial charge is 0.462 e. The van der Waals surface area contributed by atoms with Crippen LogP contribution in [0.4, 0.5) is 0 Å². The third kappa shape index (κ3) is 3.77. The standard InChI is InChI=1S/C22H40O3/c1-8-19(2,3)18(23)25-15-22(24)17-12-9-11-16(17)20(4,5)13-10-14-21(22,6)7/h16-17,24H,8-15H2,1-7H3. The van der Waals surface area contributed by atoms with E-state index in [0.717, 1.165) is 25.7 Å². The fourth-order valence-electron chi connectivity index (χ4n) is 5.17. The first kappa shape index (κ1) is 20.7. The average molecular weight is 353 g/mol. The van der Waals surface area contributed by atoms with Gasteiger partial charge in [-0.3, -0.25) is 4.79 Å². The Labute approximate surface area is 154 Å². The van der Waals surface area contributed by atoms with Crippen molar-refractivity contribution in [3.05, 3.63) is 0 Å². The van der Waals surface area contributed by atoms with E-state index in [1.165, 1.54) is 19.3 Å². The Balaban J connectivity index is 2.30. The first-order chi connectivity index (χ1) is 11.4. The SMILES string of the molecule is CCC(C)(C)C(=O)OCC1(O)C2CCCC2C(C)(C)CCCC1(C)C. The van der Waals surface area contributed by atoms with Crippen LogP contribution in [0.5, 0.6) is 0 Å². The number of carbonyl (C=O) groups is 1. The molecule has 0 aromatic heterocycles. The van der Waals surface area contributed by atoms with Gasteiger partial charge in [-0.1, -0.05) is 47.5 Å². The summed E-state index contributed by atoms with van der Waals surface area (Å²) >= 11 is 0. The van der Waals surface area contributed by atoms with Gasteiger partial charge in [0.1, 0.15) is 12.2 Å². The maximum atomic E-state index is 12.5. The maximum absolute atomic E-state index is 12.5. The normalized spacial score (nSPS) is 34.7. The molecule has 0 saturated heterocycles. The van der Waals surface area contributed by atoms with Crippen molar-refractivity contribution < 1.29 is 14.6 Å². The highest BCUT2D eigenvalue weighted by Crippen LogP contribution is 2.57. The van der Waals surface area contributed by atoms with Gasteiger partial charge in [0.2, 0.25) is 0 Å². The molecule has 3 nitrogen and oxygen atoms in total. The second kappa shape index (κ2) is 6.87. The number of esters is 1. The molecule has 3 atom stereocenters. The lowest BCUT2D eigenvalue weighted by atomic mass is 9.56. The van der Waals surface area contributed by atoms with Crippen molar-refractivity contribution in [2.24, 2.45) is 28.1 Å². The molecule has 2 aliphatic rings. The van der Waals surface area contributed by atoms with E-state index in [-0.39, 0.29) is 29.3 Å². The van der Waals surface area contributed by atoms with Crippen LogP contribution in [0, 0.1) is 28.1 Å². The zero-order valence-electron chi connectivity index (χ0n) is 17.6. The molecule has 0 heterocycles. The van der Waals surface area contributed by atoms with E-state index in [1.807, 2.05) is 20.8 Å². The number of rotatable bonds is 4. The van der Waals surface area contributed by atoms with Crippen molar-refractivity contribution in [2.75, 3.05) is 6.61 Å². The topological polar surface area (TPSA) is 46.5 Å². The summed E-state index contributed by atoms with van der Waals surface area (Å²) in [6.07, 6.45) is 7.46. The van der Waals surface area contributed by atoms with Gasteiger partial charge in [-0.25, -0.2) is 0 Å². The summed E-state index contributed by atoms with van der Waals surface area (Å²) < 4.78 is 5.76. The summed E-state index contributed by atoms with van der Waals surface area (Å²) in [5.74, 6) is 0.542. The number of carbonyl (C=O) groups excluding carboxylic acids is 1. The summed E-state index contributed by atoms with van der Waals surface area (Å²) in [6, 6.07) is 0. The predicted octanol–water partition coefficient (Wildman–Crippen LogP) is 5.35. The molecule has 3 heteroatoms. The van der Waals surface area contributed by atoms with Gasteiger partial charge >= 0.3 is 5.97 Å². The lowest BCUT2D eigenvalue weighted by Crippen LogP contribution is -2.58. The van der Waals surface area contributed by atoms with Gasteiger partial charge in [-0.15, -0.1) is 0 Å². The van der Waals surface area contributed by atoms with Gasteiger partial charge in [-0.2, -0.15) is 0 Å². The van der Waals surface area contributed by atoms with Crippen LogP contribution in [0.25, 0.3) is 0 Å². The third-order valence-corrected chi connectivity index (χ3v) is 7.79. The van der Waals surface area contributed by atoms with E-state index in [4.69, 9.17) is 4.74 Å². The summed E-state index contributed by atoms with van der Waals surface area (Å²) in [6.45, 7) is 15.0. The lowest BCUT2D eigenvalue weighted by Gasteiger charge is -2.53. The monoisotopic (exact) mass is 352 g/mol. The van der Waals surface area contributed by atoms with Crippen molar-refractivity contribution in [3.8, 4) is 0 Å². The van der Waals surface area contributed by atoms with Crippen molar-refractivity contribution in [2.45, 2.75) is 99.0 Å². The zero-order valence-corrected chi connectivity index (χ0v) is 17.6. The number of ether oxygens (including phenoxy) is 1. The highest BCUT2D eigenvalue weighted by atomic mass is 16.5. The molecule has 2 aliphatic carbocycles. The molecule has 2 fully saturated rings. The maximum Gasteiger partial charge on any atom is 0.311 e. The van der Waals surface area contributed by atoms with Crippen molar-refractivity contribution in [3.63, 3.8) is 0 Å². The summed E-state index contributed by atoms with van der Waals surface area (Å²) in [5.41, 5.74) is -1.42. The van der Waals surface area contributed by atoms with Crippen LogP contribution in [-0.4, -0.2) is 23.3 Å². The van der Waals surface area contributed by atoms with Crippen molar-refractivity contribution >= 4 is 5.97 Å². The zero-order chi connectivity index (χ0) is 19.1. The number of hydrogen-bond acceptors (Lipinski definition) is 3. The van der Waals surface area contributed by atoms with Crippen LogP contribution >= 0.6 is 0 Å². The van der Waals surface area contributed by atoms with Crippen LogP contribution in [0.3, 0.4) is 0 Å². The first-order valence-electron chi connectivity index (χ1n) is 10.3. The van der Waals surface area contributed by atoms with E-state index in [1.54, 1.807) is 0 Å². The molecule has 25 heavy (non-hydrogen) atoms. The minimum absolute atomic E-state index is 0.138. The van der Waals surface area contributed by atoms with Gasteiger partial charge in [0, 0.05) is 0 Å². The molecule has 1 N–H and O–H groups in total. The number of aliphatic hydroxyl groups is 1. The Kier molecular flexibility index (Phi) is 5.70. The van der Waals surface area contributed by atoms with E-state index in [2.05, 4.69) is 27.7 Å². The molecule has 0 aliphatic heterocycles. The van der Waals surface area contributed by atoms with E-state index in [0.29, 0.717) is 5.92 Å². The quantitative estimate of drug-likeness (QED) is 0.694. The Hall–Kier alpha value is -0.570. The van der Waals surface area contributed by atoms with Crippen LogP contribution in [0.2, 0.25) is 0 Å². The molecule has 0 radical (unpaired) electrons. The minimum atomic E-state index is -0.939. The lowest BCUT2D eigenvalue weighted by molar-refractivity contribution is -0.195. The van der Waals surface area contributed by atoms with Crippen molar-refractivity contribution in [1.82, 2.24) is 0 Å². The minimum Gasteiger partial charge on any atom is -0.462 e. The van der Waals surface area contributed by atoms with Gasteiger partial charge in [0.25, 0.3) is 0 Å². The second-order valence-electron chi connectivity index (χ2n) is 10.6. The average Bonchev–Trinajstić information content (AvgIpc) is 3.01. The number of hydrogen-bond donors (Lipinski definition) is 1. The molecule has 146 valence electrons. The summed E-state index contributed by atoms with van der Waals surface area (Å²) in [5, 5.41) is 11.9. The Bertz CT molecular complexity index is 492. The summed E-state index contributed by atoms with van der Waals surface area (Å²) in [7, 11) is 0. The van der Waals surface area contributed by atoms with E-state index >= 15 is 0 Å². The van der Waals surface area contributed by atoms with Gasteiger partial charge in [0.05, 0.1) is 5.41 Å². The molecule has 0 amide bonds. The van der Waals surface area contributed by atoms with E-state index < -0.39 is 11.0 Å². The second-order valence-corrected chi connectivity index (χ2v) is 10.6. The first-order valence-corrected chi connectivity index (χ1v) is 10.3. The number of fused-ring (bicyclic) bond motifs is 1. The molecule has 2 rings (SSSR count). The van der Waals surface area contributed by atoms with Crippen LogP contribution in [0.1, 0.15) is 93.4 Å². The van der Waals surface area contributed by atoms with Crippen LogP contribution < -0.4 is 0 Å². The fourth-order valence-corrected chi connectivity index (χ4v) is 5.17. The molecule has 2 saturated carbocycles. The fraction of sp³-hybridized carbons (Fsp3) is 0.955. The molecular formula is C22H40O3. The van der Waals surface area contributed by atoms with Crippen molar-refractivity contribution in [1.29, 1.82) is 0 Å². The highest BCUT2D eigenvalue weighted by Gasteiger charge is 2.57. The molecule has 0 aromatic carbocycles. The Morgan fingerprint density at radius 3 is 2.28 bits per heavy atom. The summed E-state index contributed by atoms with van der Waals surface area (Å²) in [4.78, 5) is 12.5. The molecule has 0 aromatic rings. The van der Waals surface area contributed by atoms with Gasteiger partial charge < -0.3 is 9.84 Å². The molecule has 3 unspecified atom stereocenters.